The van der Waals surface area contributed by atoms with Crippen LogP contribution >= 0.6 is 0 Å². The van der Waals surface area contributed by atoms with Crippen molar-refractivity contribution < 1.29 is 9.21 Å². The van der Waals surface area contributed by atoms with E-state index in [1.54, 1.807) is 0 Å². The summed E-state index contributed by atoms with van der Waals surface area (Å²) >= 11 is 0. The van der Waals surface area contributed by atoms with Crippen molar-refractivity contribution in [1.82, 2.24) is 15.5 Å². The van der Waals surface area contributed by atoms with Gasteiger partial charge >= 0.3 is 0 Å². The first kappa shape index (κ1) is 17.0. The highest BCUT2D eigenvalue weighted by Gasteiger charge is 2.27. The van der Waals surface area contributed by atoms with Gasteiger partial charge in [-0.1, -0.05) is 18.2 Å². The predicted octanol–water partition coefficient (Wildman–Crippen LogP) is 2.68. The fourth-order valence-electron chi connectivity index (χ4n) is 3.38. The van der Waals surface area contributed by atoms with Crippen LogP contribution in [0, 0.1) is 0 Å². The number of fused-ring (bicyclic) bond motifs is 1. The molecule has 5 nitrogen and oxygen atoms in total. The molecule has 1 saturated heterocycles. The molecule has 3 unspecified atom stereocenters. The van der Waals surface area contributed by atoms with Crippen molar-refractivity contribution in [3.05, 3.63) is 36.1 Å². The van der Waals surface area contributed by atoms with Crippen LogP contribution in [-0.4, -0.2) is 43.0 Å². The lowest BCUT2D eigenvalue weighted by Gasteiger charge is -2.36. The SMILES string of the molecule is CNC1CCCN(C(C)C(=O)NC(C)c2cc3ccccc3o2)C1. The molecule has 2 N–H and O–H groups in total. The highest BCUT2D eigenvalue weighted by molar-refractivity contribution is 5.82. The highest BCUT2D eigenvalue weighted by Crippen LogP contribution is 2.24. The number of nitrogens with one attached hydrogen (secondary N) is 2. The molecule has 5 heteroatoms. The van der Waals surface area contributed by atoms with E-state index >= 15 is 0 Å². The van der Waals surface area contributed by atoms with Crippen molar-refractivity contribution in [2.45, 2.75) is 44.8 Å². The normalized spacial score (nSPS) is 21.5. The lowest BCUT2D eigenvalue weighted by atomic mass is 10.0. The quantitative estimate of drug-likeness (QED) is 0.885. The molecule has 1 aromatic carbocycles. The van der Waals surface area contributed by atoms with Crippen LogP contribution in [0.3, 0.4) is 0 Å². The van der Waals surface area contributed by atoms with Crippen LogP contribution in [0.15, 0.2) is 34.7 Å². The molecule has 1 aliphatic rings. The summed E-state index contributed by atoms with van der Waals surface area (Å²) in [5.41, 5.74) is 0.856. The van der Waals surface area contributed by atoms with E-state index < -0.39 is 0 Å². The van der Waals surface area contributed by atoms with E-state index in [0.717, 1.165) is 36.2 Å². The zero-order valence-corrected chi connectivity index (χ0v) is 14.7. The summed E-state index contributed by atoms with van der Waals surface area (Å²) in [7, 11) is 1.99. The van der Waals surface area contributed by atoms with Gasteiger partial charge in [0, 0.05) is 18.0 Å². The number of para-hydroxylation sites is 1. The molecule has 1 aromatic heterocycles. The third-order valence-corrected chi connectivity index (χ3v) is 5.02. The number of piperidine rings is 1. The number of likely N-dealkylation sites (tertiary alicyclic amines) is 1. The summed E-state index contributed by atoms with van der Waals surface area (Å²) in [6, 6.07) is 10.1. The Morgan fingerprint density at radius 3 is 2.88 bits per heavy atom. The van der Waals surface area contributed by atoms with Gasteiger partial charge < -0.3 is 15.1 Å². The molecule has 24 heavy (non-hydrogen) atoms. The number of nitrogens with zero attached hydrogens (tertiary/aromatic N) is 1. The number of rotatable bonds is 5. The third-order valence-electron chi connectivity index (χ3n) is 5.02. The van der Waals surface area contributed by atoms with Crippen molar-refractivity contribution in [2.24, 2.45) is 0 Å². The van der Waals surface area contributed by atoms with Gasteiger partial charge in [-0.05, 0) is 52.4 Å². The summed E-state index contributed by atoms with van der Waals surface area (Å²) < 4.78 is 5.85. The molecule has 1 aliphatic heterocycles. The van der Waals surface area contributed by atoms with Crippen LogP contribution in [0.2, 0.25) is 0 Å². The first-order chi connectivity index (χ1) is 11.6. The maximum Gasteiger partial charge on any atom is 0.237 e. The second kappa shape index (κ2) is 7.36. The molecule has 0 saturated carbocycles. The molecule has 0 spiro atoms. The van der Waals surface area contributed by atoms with Gasteiger partial charge in [-0.25, -0.2) is 0 Å². The summed E-state index contributed by atoms with van der Waals surface area (Å²) in [6.45, 7) is 5.85. The molecule has 3 atom stereocenters. The molecule has 2 heterocycles. The zero-order chi connectivity index (χ0) is 17.1. The smallest absolute Gasteiger partial charge is 0.237 e. The Hall–Kier alpha value is -1.85. The van der Waals surface area contributed by atoms with E-state index in [0.29, 0.717) is 6.04 Å². The average Bonchev–Trinajstić information content (AvgIpc) is 3.05. The van der Waals surface area contributed by atoms with E-state index in [1.165, 1.54) is 6.42 Å². The standard InChI is InChI=1S/C19H27N3O2/c1-13(18-11-15-7-4-5-9-17(15)24-18)21-19(23)14(2)22-10-6-8-16(12-22)20-3/h4-5,7,9,11,13-14,16,20H,6,8,10,12H2,1-3H3,(H,21,23). The Morgan fingerprint density at radius 1 is 1.33 bits per heavy atom. The van der Waals surface area contributed by atoms with E-state index in [-0.39, 0.29) is 18.0 Å². The number of hydrogen-bond donors (Lipinski definition) is 2. The van der Waals surface area contributed by atoms with E-state index in [9.17, 15) is 4.79 Å². The molecule has 2 aromatic rings. The Labute approximate surface area is 143 Å². The molecule has 0 aliphatic carbocycles. The van der Waals surface area contributed by atoms with Crippen LogP contribution < -0.4 is 10.6 Å². The number of amides is 1. The van der Waals surface area contributed by atoms with Crippen molar-refractivity contribution >= 4 is 16.9 Å². The minimum absolute atomic E-state index is 0.0553. The van der Waals surface area contributed by atoms with Crippen molar-refractivity contribution in [3.8, 4) is 0 Å². The number of furan rings is 1. The molecular formula is C19H27N3O2. The molecule has 0 radical (unpaired) electrons. The first-order valence-corrected chi connectivity index (χ1v) is 8.78. The number of carbonyl (C=O) groups excluding carboxylic acids is 1. The van der Waals surface area contributed by atoms with Crippen LogP contribution in [0.4, 0.5) is 0 Å². The van der Waals surface area contributed by atoms with Crippen LogP contribution in [0.5, 0.6) is 0 Å². The molecule has 1 amide bonds. The van der Waals surface area contributed by atoms with Gasteiger partial charge in [0.25, 0.3) is 0 Å². The minimum Gasteiger partial charge on any atom is -0.459 e. The Morgan fingerprint density at radius 2 is 2.12 bits per heavy atom. The number of likely N-dealkylation sites (N-methyl/N-ethyl adjacent to an activating group) is 1. The van der Waals surface area contributed by atoms with E-state index in [1.807, 2.05) is 51.2 Å². The fourth-order valence-corrected chi connectivity index (χ4v) is 3.38. The van der Waals surface area contributed by atoms with Gasteiger partial charge in [-0.3, -0.25) is 9.69 Å². The fraction of sp³-hybridized carbons (Fsp3) is 0.526. The Kier molecular flexibility index (Phi) is 5.21. The van der Waals surface area contributed by atoms with Crippen molar-refractivity contribution in [1.29, 1.82) is 0 Å². The lowest BCUT2D eigenvalue weighted by Crippen LogP contribution is -2.52. The van der Waals surface area contributed by atoms with Gasteiger partial charge in [-0.15, -0.1) is 0 Å². The number of benzene rings is 1. The topological polar surface area (TPSA) is 57.5 Å². The molecular weight excluding hydrogens is 302 g/mol. The maximum atomic E-state index is 12.6. The second-order valence-electron chi connectivity index (χ2n) is 6.72. The van der Waals surface area contributed by atoms with Crippen molar-refractivity contribution in [3.63, 3.8) is 0 Å². The van der Waals surface area contributed by atoms with Crippen LogP contribution in [0.1, 0.15) is 38.5 Å². The average molecular weight is 329 g/mol. The third kappa shape index (κ3) is 3.62. The van der Waals surface area contributed by atoms with Gasteiger partial charge in [0.2, 0.25) is 5.91 Å². The Bertz CT molecular complexity index is 664. The van der Waals surface area contributed by atoms with E-state index in [4.69, 9.17) is 4.42 Å². The minimum atomic E-state index is -0.141. The largest absolute Gasteiger partial charge is 0.459 e. The monoisotopic (exact) mass is 329 g/mol. The maximum absolute atomic E-state index is 12.6. The van der Waals surface area contributed by atoms with Crippen LogP contribution in [0.25, 0.3) is 11.0 Å². The van der Waals surface area contributed by atoms with Crippen molar-refractivity contribution in [2.75, 3.05) is 20.1 Å². The summed E-state index contributed by atoms with van der Waals surface area (Å²) in [5.74, 6) is 0.850. The summed E-state index contributed by atoms with van der Waals surface area (Å²) in [5, 5.41) is 7.48. The molecule has 1 fully saturated rings. The molecule has 130 valence electrons. The van der Waals surface area contributed by atoms with Gasteiger partial charge in [0.05, 0.1) is 12.1 Å². The van der Waals surface area contributed by atoms with Crippen LogP contribution in [-0.2, 0) is 4.79 Å². The molecule has 3 rings (SSSR count). The van der Waals surface area contributed by atoms with Gasteiger partial charge in [0.1, 0.15) is 11.3 Å². The van der Waals surface area contributed by atoms with Gasteiger partial charge in [-0.2, -0.15) is 0 Å². The van der Waals surface area contributed by atoms with E-state index in [2.05, 4.69) is 15.5 Å². The number of carbonyl (C=O) groups is 1. The zero-order valence-electron chi connectivity index (χ0n) is 14.7. The number of hydrogen-bond acceptors (Lipinski definition) is 4. The second-order valence-corrected chi connectivity index (χ2v) is 6.72. The lowest BCUT2D eigenvalue weighted by molar-refractivity contribution is -0.127. The predicted molar refractivity (Wildman–Crippen MR) is 95.9 cm³/mol. The molecule has 0 bridgehead atoms. The summed E-state index contributed by atoms with van der Waals surface area (Å²) in [4.78, 5) is 14.9. The summed E-state index contributed by atoms with van der Waals surface area (Å²) in [6.07, 6.45) is 2.30. The first-order valence-electron chi connectivity index (χ1n) is 8.78. The highest BCUT2D eigenvalue weighted by atomic mass is 16.3. The van der Waals surface area contributed by atoms with Gasteiger partial charge in [0.15, 0.2) is 0 Å². The Balaban J connectivity index is 1.62.